The van der Waals surface area contributed by atoms with Crippen LogP contribution in [0.3, 0.4) is 0 Å². The van der Waals surface area contributed by atoms with Gasteiger partial charge < -0.3 is 16.0 Å². The van der Waals surface area contributed by atoms with Crippen LogP contribution in [0.25, 0.3) is 0 Å². The number of rotatable bonds is 7. The van der Waals surface area contributed by atoms with Crippen molar-refractivity contribution in [3.63, 3.8) is 0 Å². The first-order valence-corrected chi connectivity index (χ1v) is 10.3. The molecule has 0 bridgehead atoms. The second-order valence-corrected chi connectivity index (χ2v) is 8.58. The zero-order valence-corrected chi connectivity index (χ0v) is 17.2. The van der Waals surface area contributed by atoms with Crippen molar-refractivity contribution in [3.8, 4) is 0 Å². The Morgan fingerprint density at radius 3 is 2.44 bits per heavy atom. The third-order valence-corrected chi connectivity index (χ3v) is 6.48. The van der Waals surface area contributed by atoms with E-state index in [-0.39, 0.29) is 11.8 Å². The quantitative estimate of drug-likeness (QED) is 0.705. The van der Waals surface area contributed by atoms with Crippen LogP contribution in [-0.4, -0.2) is 33.8 Å². The Hall–Kier alpha value is -1.11. The van der Waals surface area contributed by atoms with E-state index in [2.05, 4.69) is 37.9 Å². The molecule has 3 N–H and O–H groups in total. The van der Waals surface area contributed by atoms with Crippen LogP contribution in [-0.2, 0) is 10.5 Å². The van der Waals surface area contributed by atoms with Gasteiger partial charge in [-0.3, -0.25) is 4.79 Å². The van der Waals surface area contributed by atoms with Crippen LogP contribution in [0, 0.1) is 11.8 Å². The molecule has 2 rings (SSSR count). The Labute approximate surface area is 160 Å². The van der Waals surface area contributed by atoms with E-state index in [1.807, 2.05) is 24.3 Å². The van der Waals surface area contributed by atoms with Crippen molar-refractivity contribution in [2.75, 3.05) is 18.4 Å². The van der Waals surface area contributed by atoms with Crippen molar-refractivity contribution in [1.29, 1.82) is 0 Å². The van der Waals surface area contributed by atoms with Crippen molar-refractivity contribution >= 4 is 39.9 Å². The van der Waals surface area contributed by atoms with Crippen LogP contribution in [0.15, 0.2) is 24.3 Å². The first-order chi connectivity index (χ1) is 11.8. The number of nitrogens with two attached hydrogens (primary N) is 1. The summed E-state index contributed by atoms with van der Waals surface area (Å²) in [6.45, 7) is 10.3. The Morgan fingerprint density at radius 2 is 1.96 bits per heavy atom. The highest BCUT2D eigenvalue weighted by Gasteiger charge is 2.58. The molecular formula is C19H29N3OS2. The molecule has 1 amide bonds. The number of carbonyl (C=O) groups is 1. The summed E-state index contributed by atoms with van der Waals surface area (Å²) in [5.41, 5.74) is 7.50. The summed E-state index contributed by atoms with van der Waals surface area (Å²) in [4.78, 5) is 14.6. The van der Waals surface area contributed by atoms with E-state index in [4.69, 9.17) is 18.0 Å². The molecule has 1 aromatic rings. The molecule has 25 heavy (non-hydrogen) atoms. The fraction of sp³-hybridized carbons (Fsp3) is 0.579. The number of thiocarbonyl (C=S) groups is 1. The fourth-order valence-corrected chi connectivity index (χ4v) is 4.40. The van der Waals surface area contributed by atoms with Crippen LogP contribution in [0.5, 0.6) is 0 Å². The molecule has 4 nitrogen and oxygen atoms in total. The Balaban J connectivity index is 1.86. The summed E-state index contributed by atoms with van der Waals surface area (Å²) in [5.74, 6) is 1.48. The molecule has 6 heteroatoms. The van der Waals surface area contributed by atoms with Gasteiger partial charge >= 0.3 is 0 Å². The predicted molar refractivity (Wildman–Crippen MR) is 112 cm³/mol. The van der Waals surface area contributed by atoms with Gasteiger partial charge in [0.05, 0.1) is 5.54 Å². The highest BCUT2D eigenvalue weighted by molar-refractivity contribution is 8.22. The highest BCUT2D eigenvalue weighted by atomic mass is 32.2. The van der Waals surface area contributed by atoms with Gasteiger partial charge in [-0.2, -0.15) is 0 Å². The molecule has 0 saturated heterocycles. The van der Waals surface area contributed by atoms with Gasteiger partial charge in [0.1, 0.15) is 4.32 Å². The summed E-state index contributed by atoms with van der Waals surface area (Å²) in [6.07, 6.45) is 0.772. The van der Waals surface area contributed by atoms with Crippen LogP contribution < -0.4 is 11.1 Å². The number of carbonyl (C=O) groups excluding carboxylic acids is 1. The van der Waals surface area contributed by atoms with Gasteiger partial charge in [0.15, 0.2) is 0 Å². The Bertz CT molecular complexity index is 614. The molecular weight excluding hydrogens is 350 g/mol. The minimum atomic E-state index is -0.696. The molecule has 0 radical (unpaired) electrons. The van der Waals surface area contributed by atoms with Gasteiger partial charge in [0.25, 0.3) is 0 Å². The van der Waals surface area contributed by atoms with Gasteiger partial charge in [-0.05, 0) is 49.8 Å². The highest BCUT2D eigenvalue weighted by Crippen LogP contribution is 2.46. The summed E-state index contributed by atoms with van der Waals surface area (Å²) in [7, 11) is 0. The average molecular weight is 380 g/mol. The van der Waals surface area contributed by atoms with Gasteiger partial charge in [-0.25, -0.2) is 0 Å². The monoisotopic (exact) mass is 379 g/mol. The van der Waals surface area contributed by atoms with E-state index in [0.29, 0.717) is 5.92 Å². The Kier molecular flexibility index (Phi) is 6.88. The lowest BCUT2D eigenvalue weighted by molar-refractivity contribution is -0.118. The first-order valence-electron chi connectivity index (χ1n) is 8.92. The standard InChI is InChI=1S/C19H29N3OS2/c1-5-22(6-2)18(24)25-12-14-7-9-15(10-8-14)21-17(23)19(20)11-16(19)13(3)4/h7-10,13,16H,5-6,11-12,20H2,1-4H3,(H,21,23)/t16-,19-/m1/s1. The van der Waals surface area contributed by atoms with E-state index < -0.39 is 5.54 Å². The smallest absolute Gasteiger partial charge is 0.244 e. The molecule has 1 aliphatic carbocycles. The van der Waals surface area contributed by atoms with Crippen molar-refractivity contribution < 1.29 is 4.79 Å². The van der Waals surface area contributed by atoms with Crippen molar-refractivity contribution in [2.45, 2.75) is 45.4 Å². The van der Waals surface area contributed by atoms with Gasteiger partial charge in [0, 0.05) is 24.5 Å². The van der Waals surface area contributed by atoms with Gasteiger partial charge in [0.2, 0.25) is 5.91 Å². The topological polar surface area (TPSA) is 58.4 Å². The number of benzene rings is 1. The van der Waals surface area contributed by atoms with E-state index in [0.717, 1.165) is 35.3 Å². The largest absolute Gasteiger partial charge is 0.358 e. The number of nitrogens with zero attached hydrogens (tertiary/aromatic N) is 1. The Morgan fingerprint density at radius 1 is 1.36 bits per heavy atom. The van der Waals surface area contributed by atoms with Crippen LogP contribution in [0.1, 0.15) is 39.7 Å². The summed E-state index contributed by atoms with van der Waals surface area (Å²) >= 11 is 7.13. The summed E-state index contributed by atoms with van der Waals surface area (Å²) in [5, 5.41) is 2.95. The second-order valence-electron chi connectivity index (χ2n) is 6.97. The van der Waals surface area contributed by atoms with E-state index >= 15 is 0 Å². The molecule has 1 saturated carbocycles. The molecule has 2 atom stereocenters. The number of hydrogen-bond acceptors (Lipinski definition) is 4. The van der Waals surface area contributed by atoms with Gasteiger partial charge in [-0.15, -0.1) is 0 Å². The minimum absolute atomic E-state index is 0.0731. The number of hydrogen-bond donors (Lipinski definition) is 2. The van der Waals surface area contributed by atoms with Crippen molar-refractivity contribution in [2.24, 2.45) is 17.6 Å². The zero-order chi connectivity index (χ0) is 18.6. The zero-order valence-electron chi connectivity index (χ0n) is 15.5. The number of nitrogens with one attached hydrogen (secondary N) is 1. The molecule has 1 fully saturated rings. The lowest BCUT2D eigenvalue weighted by Crippen LogP contribution is -2.40. The van der Waals surface area contributed by atoms with Crippen molar-refractivity contribution in [3.05, 3.63) is 29.8 Å². The lowest BCUT2D eigenvalue weighted by Gasteiger charge is -2.20. The maximum atomic E-state index is 12.4. The molecule has 0 aliphatic heterocycles. The third kappa shape index (κ3) is 4.96. The molecule has 0 spiro atoms. The summed E-state index contributed by atoms with van der Waals surface area (Å²) < 4.78 is 0.931. The van der Waals surface area contributed by atoms with Crippen LogP contribution in [0.4, 0.5) is 5.69 Å². The van der Waals surface area contributed by atoms with Gasteiger partial charge in [-0.1, -0.05) is 50.0 Å². The molecule has 138 valence electrons. The first kappa shape index (κ1) is 20.2. The maximum Gasteiger partial charge on any atom is 0.244 e. The molecule has 0 aromatic heterocycles. The molecule has 0 unspecified atom stereocenters. The van der Waals surface area contributed by atoms with Crippen molar-refractivity contribution in [1.82, 2.24) is 4.90 Å². The van der Waals surface area contributed by atoms with Crippen LogP contribution >= 0.6 is 24.0 Å². The molecule has 1 aliphatic rings. The van der Waals surface area contributed by atoms with E-state index in [9.17, 15) is 4.79 Å². The summed E-state index contributed by atoms with van der Waals surface area (Å²) in [6, 6.07) is 7.93. The third-order valence-electron chi connectivity index (χ3n) is 4.88. The molecule has 0 heterocycles. The van der Waals surface area contributed by atoms with Crippen LogP contribution in [0.2, 0.25) is 0 Å². The number of thioether (sulfide) groups is 1. The fourth-order valence-electron chi connectivity index (χ4n) is 3.05. The normalized spacial score (nSPS) is 21.9. The average Bonchev–Trinajstić information content (AvgIpc) is 3.29. The SMILES string of the molecule is CCN(CC)C(=S)SCc1ccc(NC(=O)[C@@]2(N)C[C@@H]2C(C)C)cc1. The predicted octanol–water partition coefficient (Wildman–Crippen LogP) is 3.86. The minimum Gasteiger partial charge on any atom is -0.358 e. The number of amides is 1. The number of anilines is 1. The maximum absolute atomic E-state index is 12.4. The lowest BCUT2D eigenvalue weighted by atomic mass is 10.0. The molecule has 1 aromatic carbocycles. The van der Waals surface area contributed by atoms with E-state index in [1.54, 1.807) is 11.8 Å². The second kappa shape index (κ2) is 8.52. The van der Waals surface area contributed by atoms with E-state index in [1.165, 1.54) is 5.56 Å².